The van der Waals surface area contributed by atoms with E-state index in [0.717, 1.165) is 17.3 Å². The fourth-order valence-corrected chi connectivity index (χ4v) is 2.23. The normalized spacial score (nSPS) is 13.1. The second kappa shape index (κ2) is 5.62. The predicted octanol–water partition coefficient (Wildman–Crippen LogP) is 3.85. The van der Waals surface area contributed by atoms with Crippen LogP contribution < -0.4 is 0 Å². The van der Waals surface area contributed by atoms with Crippen LogP contribution in [0.4, 0.5) is 0 Å². The van der Waals surface area contributed by atoms with Crippen LogP contribution in [0.15, 0.2) is 10.7 Å². The van der Waals surface area contributed by atoms with Crippen LogP contribution in [-0.4, -0.2) is 15.6 Å². The molecule has 1 rings (SSSR count). The Morgan fingerprint density at radius 2 is 2.12 bits per heavy atom. The zero-order valence-electron chi connectivity index (χ0n) is 10.3. The number of nitrogens with zero attached hydrogens (tertiary/aromatic N) is 2. The molecule has 0 aliphatic rings. The van der Waals surface area contributed by atoms with Gasteiger partial charge in [0.15, 0.2) is 5.78 Å². The SMILES string of the molecule is CCCC(C)C(=O)c1c(Br)cnn1C(C)C. The average Bonchev–Trinajstić information content (AvgIpc) is 2.59. The Bertz CT molecular complexity index is 371. The van der Waals surface area contributed by atoms with Gasteiger partial charge in [-0.05, 0) is 36.2 Å². The average molecular weight is 287 g/mol. The minimum Gasteiger partial charge on any atom is -0.292 e. The van der Waals surface area contributed by atoms with E-state index in [1.807, 2.05) is 20.8 Å². The van der Waals surface area contributed by atoms with E-state index >= 15 is 0 Å². The van der Waals surface area contributed by atoms with E-state index in [4.69, 9.17) is 0 Å². The van der Waals surface area contributed by atoms with Crippen molar-refractivity contribution in [2.45, 2.75) is 46.6 Å². The fourth-order valence-electron chi connectivity index (χ4n) is 1.76. The summed E-state index contributed by atoms with van der Waals surface area (Å²) in [6.07, 6.45) is 3.65. The van der Waals surface area contributed by atoms with Crippen LogP contribution in [0.1, 0.15) is 57.1 Å². The third-order valence-electron chi connectivity index (χ3n) is 2.64. The van der Waals surface area contributed by atoms with Crippen molar-refractivity contribution >= 4 is 21.7 Å². The maximum absolute atomic E-state index is 12.3. The molecule has 0 fully saturated rings. The molecular weight excluding hydrogens is 268 g/mol. The summed E-state index contributed by atoms with van der Waals surface area (Å²) in [6, 6.07) is 0.207. The Kier molecular flexibility index (Phi) is 4.71. The standard InChI is InChI=1S/C12H19BrN2O/c1-5-6-9(4)12(16)11-10(13)7-14-15(11)8(2)3/h7-9H,5-6H2,1-4H3. The van der Waals surface area contributed by atoms with Gasteiger partial charge in [-0.15, -0.1) is 0 Å². The van der Waals surface area contributed by atoms with E-state index in [2.05, 4.69) is 28.0 Å². The Hall–Kier alpha value is -0.640. The maximum atomic E-state index is 12.3. The molecule has 0 aliphatic carbocycles. The molecule has 1 unspecified atom stereocenters. The van der Waals surface area contributed by atoms with Crippen LogP contribution in [0.25, 0.3) is 0 Å². The zero-order chi connectivity index (χ0) is 12.3. The molecule has 0 spiro atoms. The first-order valence-electron chi connectivity index (χ1n) is 5.76. The molecule has 0 saturated heterocycles. The summed E-state index contributed by atoms with van der Waals surface area (Å²) in [6.45, 7) is 8.13. The lowest BCUT2D eigenvalue weighted by atomic mass is 9.98. The van der Waals surface area contributed by atoms with Crippen molar-refractivity contribution in [3.05, 3.63) is 16.4 Å². The highest BCUT2D eigenvalue weighted by Crippen LogP contribution is 2.24. The monoisotopic (exact) mass is 286 g/mol. The molecule has 0 radical (unpaired) electrons. The molecular formula is C12H19BrN2O. The Morgan fingerprint density at radius 3 is 2.62 bits per heavy atom. The number of ketones is 1. The van der Waals surface area contributed by atoms with Crippen molar-refractivity contribution in [3.8, 4) is 0 Å². The molecule has 0 N–H and O–H groups in total. The van der Waals surface area contributed by atoms with Crippen molar-refractivity contribution in [2.75, 3.05) is 0 Å². The molecule has 1 aromatic rings. The van der Waals surface area contributed by atoms with Crippen molar-refractivity contribution < 1.29 is 4.79 Å². The molecule has 3 nitrogen and oxygen atoms in total. The van der Waals surface area contributed by atoms with Gasteiger partial charge in [-0.25, -0.2) is 0 Å². The molecule has 90 valence electrons. The molecule has 1 heterocycles. The van der Waals surface area contributed by atoms with Gasteiger partial charge in [0.05, 0.1) is 10.7 Å². The van der Waals surface area contributed by atoms with Crippen LogP contribution in [0.2, 0.25) is 0 Å². The molecule has 1 atom stereocenters. The van der Waals surface area contributed by atoms with Gasteiger partial charge in [0.25, 0.3) is 0 Å². The summed E-state index contributed by atoms with van der Waals surface area (Å²) in [5.41, 5.74) is 0.705. The first kappa shape index (κ1) is 13.4. The topological polar surface area (TPSA) is 34.9 Å². The number of hydrogen-bond acceptors (Lipinski definition) is 2. The summed E-state index contributed by atoms with van der Waals surface area (Å²) in [4.78, 5) is 12.3. The molecule has 16 heavy (non-hydrogen) atoms. The van der Waals surface area contributed by atoms with E-state index in [0.29, 0.717) is 5.69 Å². The van der Waals surface area contributed by atoms with Gasteiger partial charge in [0.1, 0.15) is 5.69 Å². The second-order valence-electron chi connectivity index (χ2n) is 4.43. The molecule has 0 saturated carbocycles. The summed E-state index contributed by atoms with van der Waals surface area (Å²) in [5, 5.41) is 4.23. The van der Waals surface area contributed by atoms with Crippen molar-refractivity contribution in [3.63, 3.8) is 0 Å². The first-order valence-corrected chi connectivity index (χ1v) is 6.55. The number of aromatic nitrogens is 2. The summed E-state index contributed by atoms with van der Waals surface area (Å²) >= 11 is 3.40. The Balaban J connectivity index is 3.02. The lowest BCUT2D eigenvalue weighted by molar-refractivity contribution is 0.0910. The zero-order valence-corrected chi connectivity index (χ0v) is 11.9. The van der Waals surface area contributed by atoms with E-state index in [1.165, 1.54) is 0 Å². The smallest absolute Gasteiger partial charge is 0.184 e. The highest BCUT2D eigenvalue weighted by Gasteiger charge is 2.22. The van der Waals surface area contributed by atoms with Gasteiger partial charge in [0.2, 0.25) is 0 Å². The van der Waals surface area contributed by atoms with E-state index in [-0.39, 0.29) is 17.7 Å². The van der Waals surface area contributed by atoms with Gasteiger partial charge in [-0.2, -0.15) is 5.10 Å². The predicted molar refractivity (Wildman–Crippen MR) is 68.7 cm³/mol. The van der Waals surface area contributed by atoms with Crippen LogP contribution in [0.5, 0.6) is 0 Å². The Morgan fingerprint density at radius 1 is 1.50 bits per heavy atom. The second-order valence-corrected chi connectivity index (χ2v) is 5.29. The number of rotatable bonds is 5. The van der Waals surface area contributed by atoms with Gasteiger partial charge in [-0.3, -0.25) is 9.48 Å². The third kappa shape index (κ3) is 2.73. The highest BCUT2D eigenvalue weighted by molar-refractivity contribution is 9.10. The molecule has 0 bridgehead atoms. The summed E-state index contributed by atoms with van der Waals surface area (Å²) in [5.74, 6) is 0.246. The van der Waals surface area contributed by atoms with E-state index in [9.17, 15) is 4.79 Å². The van der Waals surface area contributed by atoms with Crippen LogP contribution in [0, 0.1) is 5.92 Å². The molecule has 0 aliphatic heterocycles. The first-order chi connectivity index (χ1) is 7.49. The van der Waals surface area contributed by atoms with Gasteiger partial charge >= 0.3 is 0 Å². The van der Waals surface area contributed by atoms with E-state index < -0.39 is 0 Å². The minimum absolute atomic E-state index is 0.0653. The number of halogens is 1. The molecule has 1 aromatic heterocycles. The number of hydrogen-bond donors (Lipinski definition) is 0. The van der Waals surface area contributed by atoms with E-state index in [1.54, 1.807) is 10.9 Å². The van der Waals surface area contributed by atoms with Crippen LogP contribution >= 0.6 is 15.9 Å². The minimum atomic E-state index is 0.0653. The van der Waals surface area contributed by atoms with Crippen LogP contribution in [0.3, 0.4) is 0 Å². The molecule has 4 heteroatoms. The lowest BCUT2D eigenvalue weighted by Gasteiger charge is -2.14. The van der Waals surface area contributed by atoms with Crippen LogP contribution in [-0.2, 0) is 0 Å². The number of Topliss-reactive ketones (excluding diaryl/α,β-unsaturated/α-hetero) is 1. The van der Waals surface area contributed by atoms with Crippen molar-refractivity contribution in [1.29, 1.82) is 0 Å². The number of carbonyl (C=O) groups excluding carboxylic acids is 1. The van der Waals surface area contributed by atoms with Gasteiger partial charge in [0, 0.05) is 12.0 Å². The summed E-state index contributed by atoms with van der Waals surface area (Å²) in [7, 11) is 0. The van der Waals surface area contributed by atoms with Gasteiger partial charge < -0.3 is 0 Å². The molecule has 0 aromatic carbocycles. The van der Waals surface area contributed by atoms with Gasteiger partial charge in [-0.1, -0.05) is 20.3 Å². The number of carbonyl (C=O) groups is 1. The Labute approximate surface area is 105 Å². The highest BCUT2D eigenvalue weighted by atomic mass is 79.9. The van der Waals surface area contributed by atoms with Crippen molar-refractivity contribution in [1.82, 2.24) is 9.78 Å². The molecule has 0 amide bonds. The summed E-state index contributed by atoms with van der Waals surface area (Å²) < 4.78 is 2.59. The maximum Gasteiger partial charge on any atom is 0.184 e. The third-order valence-corrected chi connectivity index (χ3v) is 3.22. The largest absolute Gasteiger partial charge is 0.292 e. The lowest BCUT2D eigenvalue weighted by Crippen LogP contribution is -2.18. The quantitative estimate of drug-likeness (QED) is 0.771. The van der Waals surface area contributed by atoms with Crippen molar-refractivity contribution in [2.24, 2.45) is 5.92 Å². The fraction of sp³-hybridized carbons (Fsp3) is 0.667.